The number of nitrogens with zero attached hydrogens (tertiary/aromatic N) is 3. The highest BCUT2D eigenvalue weighted by Gasteiger charge is 2.36. The van der Waals surface area contributed by atoms with Crippen molar-refractivity contribution in [2.75, 3.05) is 11.9 Å². The molecular weight excluding hydrogens is 308 g/mol. The van der Waals surface area contributed by atoms with Gasteiger partial charge in [-0.1, -0.05) is 6.07 Å². The number of carbonyl (C=O) groups excluding carboxylic acids is 3. The number of aromatic nitrogens is 1. The van der Waals surface area contributed by atoms with Crippen LogP contribution >= 0.6 is 0 Å². The number of nitriles is 1. The molecule has 1 aromatic carbocycles. The van der Waals surface area contributed by atoms with Crippen molar-refractivity contribution in [3.63, 3.8) is 0 Å². The van der Waals surface area contributed by atoms with Crippen molar-refractivity contribution in [1.82, 2.24) is 9.88 Å². The Morgan fingerprint density at radius 2 is 2.04 bits per heavy atom. The van der Waals surface area contributed by atoms with Crippen molar-refractivity contribution in [2.24, 2.45) is 0 Å². The minimum Gasteiger partial charge on any atom is -0.326 e. The van der Waals surface area contributed by atoms with Gasteiger partial charge in [-0.3, -0.25) is 24.3 Å². The van der Waals surface area contributed by atoms with Crippen molar-refractivity contribution in [3.05, 3.63) is 59.4 Å². The predicted octanol–water partition coefficient (Wildman–Crippen LogP) is 1.58. The van der Waals surface area contributed by atoms with Crippen LogP contribution in [0.3, 0.4) is 0 Å². The van der Waals surface area contributed by atoms with Crippen LogP contribution < -0.4 is 5.32 Å². The molecule has 2 aromatic rings. The molecule has 3 amide bonds. The molecule has 7 nitrogen and oxygen atoms in total. The number of rotatable bonds is 4. The number of carbonyl (C=O) groups is 3. The lowest BCUT2D eigenvalue weighted by atomic mass is 10.2. The molecule has 0 bridgehead atoms. The molecule has 0 saturated carbocycles. The van der Waals surface area contributed by atoms with Crippen LogP contribution in [0.15, 0.2) is 42.6 Å². The van der Waals surface area contributed by atoms with E-state index < -0.39 is 11.8 Å². The summed E-state index contributed by atoms with van der Waals surface area (Å²) in [6.07, 6.45) is 1.41. The molecule has 0 saturated heterocycles. The molecule has 0 radical (unpaired) electrons. The van der Waals surface area contributed by atoms with Crippen LogP contribution in [0.5, 0.6) is 0 Å². The number of nitrogens with one attached hydrogen (secondary N) is 1. The summed E-state index contributed by atoms with van der Waals surface area (Å²) in [6, 6.07) is 11.6. The monoisotopic (exact) mass is 320 g/mol. The van der Waals surface area contributed by atoms with Gasteiger partial charge in [-0.2, -0.15) is 5.26 Å². The standard InChI is InChI=1S/C17H12N4O3/c18-10-11-3-1-4-12(9-11)20-14(22)6-8-21-16(23)13-5-2-7-19-15(13)17(21)24/h1-5,7,9H,6,8H2,(H,20,22). The number of fused-ring (bicyclic) bond motifs is 1. The molecule has 7 heteroatoms. The normalized spacial score (nSPS) is 12.7. The summed E-state index contributed by atoms with van der Waals surface area (Å²) >= 11 is 0. The van der Waals surface area contributed by atoms with E-state index >= 15 is 0 Å². The fourth-order valence-electron chi connectivity index (χ4n) is 2.42. The average molecular weight is 320 g/mol. The summed E-state index contributed by atoms with van der Waals surface area (Å²) in [5.41, 5.74) is 1.29. The first-order chi connectivity index (χ1) is 11.6. The van der Waals surface area contributed by atoms with Crippen molar-refractivity contribution >= 4 is 23.4 Å². The van der Waals surface area contributed by atoms with Crippen LogP contribution in [0.2, 0.25) is 0 Å². The Balaban J connectivity index is 1.62. The summed E-state index contributed by atoms with van der Waals surface area (Å²) in [5, 5.41) is 11.5. The van der Waals surface area contributed by atoms with Gasteiger partial charge < -0.3 is 5.32 Å². The molecule has 2 heterocycles. The van der Waals surface area contributed by atoms with Gasteiger partial charge in [0.05, 0.1) is 17.2 Å². The number of pyridine rings is 1. The second kappa shape index (κ2) is 6.30. The van der Waals surface area contributed by atoms with Crippen LogP contribution in [0.1, 0.15) is 32.8 Å². The predicted molar refractivity (Wildman–Crippen MR) is 84.0 cm³/mol. The van der Waals surface area contributed by atoms with Gasteiger partial charge in [0.1, 0.15) is 5.69 Å². The Labute approximate surface area is 137 Å². The molecule has 1 aliphatic rings. The van der Waals surface area contributed by atoms with E-state index in [9.17, 15) is 14.4 Å². The van der Waals surface area contributed by atoms with Crippen molar-refractivity contribution < 1.29 is 14.4 Å². The third kappa shape index (κ3) is 2.85. The first-order valence-electron chi connectivity index (χ1n) is 7.21. The second-order valence-electron chi connectivity index (χ2n) is 5.15. The molecule has 24 heavy (non-hydrogen) atoms. The SMILES string of the molecule is N#Cc1cccc(NC(=O)CCN2C(=O)c3cccnc3C2=O)c1. The summed E-state index contributed by atoms with van der Waals surface area (Å²) in [4.78, 5) is 41.2. The number of amides is 3. The third-order valence-electron chi connectivity index (χ3n) is 3.57. The van der Waals surface area contributed by atoms with Crippen molar-refractivity contribution in [1.29, 1.82) is 5.26 Å². The van der Waals surface area contributed by atoms with Gasteiger partial charge in [-0.15, -0.1) is 0 Å². The number of hydrogen-bond donors (Lipinski definition) is 1. The average Bonchev–Trinajstić information content (AvgIpc) is 2.84. The van der Waals surface area contributed by atoms with Crippen molar-refractivity contribution in [3.8, 4) is 6.07 Å². The van der Waals surface area contributed by atoms with E-state index in [-0.39, 0.29) is 30.1 Å². The number of imide groups is 1. The van der Waals surface area contributed by atoms with Gasteiger partial charge in [0.25, 0.3) is 11.8 Å². The minimum atomic E-state index is -0.491. The van der Waals surface area contributed by atoms with Gasteiger partial charge in [-0.05, 0) is 30.3 Å². The van der Waals surface area contributed by atoms with Crippen LogP contribution in [0, 0.1) is 11.3 Å². The van der Waals surface area contributed by atoms with Gasteiger partial charge >= 0.3 is 0 Å². The zero-order valence-electron chi connectivity index (χ0n) is 12.5. The lowest BCUT2D eigenvalue weighted by Crippen LogP contribution is -2.33. The van der Waals surface area contributed by atoms with Crippen molar-refractivity contribution in [2.45, 2.75) is 6.42 Å². The van der Waals surface area contributed by atoms with Crippen LogP contribution in [0.25, 0.3) is 0 Å². The molecule has 3 rings (SSSR count). The fourth-order valence-corrected chi connectivity index (χ4v) is 2.42. The van der Waals surface area contributed by atoms with E-state index in [2.05, 4.69) is 10.3 Å². The number of benzene rings is 1. The van der Waals surface area contributed by atoms with E-state index in [0.29, 0.717) is 11.3 Å². The fraction of sp³-hybridized carbons (Fsp3) is 0.118. The molecule has 0 aliphatic carbocycles. The molecule has 1 N–H and O–H groups in total. The summed E-state index contributed by atoms with van der Waals surface area (Å²) in [7, 11) is 0. The molecule has 0 spiro atoms. The zero-order chi connectivity index (χ0) is 17.1. The quantitative estimate of drug-likeness (QED) is 0.861. The molecule has 0 atom stereocenters. The van der Waals surface area contributed by atoms with Crippen LogP contribution in [0.4, 0.5) is 5.69 Å². The minimum absolute atomic E-state index is 0.0300. The molecule has 118 valence electrons. The first-order valence-corrected chi connectivity index (χ1v) is 7.21. The van der Waals surface area contributed by atoms with E-state index in [1.54, 1.807) is 30.3 Å². The molecular formula is C17H12N4O3. The lowest BCUT2D eigenvalue weighted by molar-refractivity contribution is -0.116. The Morgan fingerprint density at radius 3 is 2.79 bits per heavy atom. The van der Waals surface area contributed by atoms with E-state index in [1.165, 1.54) is 12.3 Å². The second-order valence-corrected chi connectivity index (χ2v) is 5.15. The third-order valence-corrected chi connectivity index (χ3v) is 3.57. The Hall–Kier alpha value is -3.53. The highest BCUT2D eigenvalue weighted by atomic mass is 16.2. The molecule has 1 aliphatic heterocycles. The Bertz CT molecular complexity index is 850. The highest BCUT2D eigenvalue weighted by Crippen LogP contribution is 2.20. The number of anilines is 1. The van der Waals surface area contributed by atoms with Crippen LogP contribution in [-0.2, 0) is 4.79 Å². The van der Waals surface area contributed by atoms with E-state index in [0.717, 1.165) is 4.90 Å². The van der Waals surface area contributed by atoms with Gasteiger partial charge in [0.2, 0.25) is 5.91 Å². The summed E-state index contributed by atoms with van der Waals surface area (Å²) in [6.45, 7) is -0.0300. The maximum Gasteiger partial charge on any atom is 0.280 e. The summed E-state index contributed by atoms with van der Waals surface area (Å²) < 4.78 is 0. The zero-order valence-corrected chi connectivity index (χ0v) is 12.5. The molecule has 0 fully saturated rings. The topological polar surface area (TPSA) is 103 Å². The van der Waals surface area contributed by atoms with Gasteiger partial charge in [0.15, 0.2) is 0 Å². The maximum absolute atomic E-state index is 12.2. The first kappa shape index (κ1) is 15.4. The van der Waals surface area contributed by atoms with Gasteiger partial charge in [0, 0.05) is 24.8 Å². The number of hydrogen-bond acceptors (Lipinski definition) is 5. The smallest absolute Gasteiger partial charge is 0.280 e. The molecule has 0 unspecified atom stereocenters. The van der Waals surface area contributed by atoms with E-state index in [4.69, 9.17) is 5.26 Å². The Kier molecular flexibility index (Phi) is 4.03. The lowest BCUT2D eigenvalue weighted by Gasteiger charge is -2.13. The Morgan fingerprint density at radius 1 is 1.21 bits per heavy atom. The van der Waals surface area contributed by atoms with Gasteiger partial charge in [-0.25, -0.2) is 0 Å². The molecule has 1 aromatic heterocycles. The van der Waals surface area contributed by atoms with Crippen LogP contribution in [-0.4, -0.2) is 34.2 Å². The summed E-state index contributed by atoms with van der Waals surface area (Å²) in [5.74, 6) is -1.29. The highest BCUT2D eigenvalue weighted by molar-refractivity contribution is 6.20. The van der Waals surface area contributed by atoms with E-state index in [1.807, 2.05) is 6.07 Å². The largest absolute Gasteiger partial charge is 0.326 e. The maximum atomic E-state index is 12.2.